The summed E-state index contributed by atoms with van der Waals surface area (Å²) in [5.41, 5.74) is 0. The van der Waals surface area contributed by atoms with Crippen LogP contribution in [0.3, 0.4) is 0 Å². The molecule has 0 aliphatic carbocycles. The van der Waals surface area contributed by atoms with Crippen LogP contribution < -0.4 is 10.0 Å². The van der Waals surface area contributed by atoms with Gasteiger partial charge < -0.3 is 5.32 Å². The molecule has 0 aliphatic heterocycles. The smallest absolute Gasteiger partial charge is 0.242 e. The first-order valence-corrected chi connectivity index (χ1v) is 9.92. The highest BCUT2D eigenvalue weighted by Gasteiger charge is 2.25. The Bertz CT molecular complexity index is 526. The van der Waals surface area contributed by atoms with Crippen molar-refractivity contribution in [1.82, 2.24) is 10.0 Å². The van der Waals surface area contributed by atoms with Crippen molar-refractivity contribution in [3.05, 3.63) is 14.7 Å². The van der Waals surface area contributed by atoms with E-state index in [9.17, 15) is 8.42 Å². The lowest BCUT2D eigenvalue weighted by Crippen LogP contribution is -2.37. The van der Waals surface area contributed by atoms with Crippen LogP contribution in [0.4, 0.5) is 0 Å². The van der Waals surface area contributed by atoms with E-state index < -0.39 is 10.0 Å². The quantitative estimate of drug-likeness (QED) is 0.724. The molecule has 1 rings (SSSR count). The fourth-order valence-corrected chi connectivity index (χ4v) is 5.99. The Morgan fingerprint density at radius 2 is 2.00 bits per heavy atom. The molecule has 0 saturated carbocycles. The van der Waals surface area contributed by atoms with E-state index >= 15 is 0 Å². The van der Waals surface area contributed by atoms with E-state index in [1.807, 2.05) is 27.7 Å². The van der Waals surface area contributed by atoms with Gasteiger partial charge in [-0.25, -0.2) is 13.1 Å². The molecule has 116 valence electrons. The highest BCUT2D eigenvalue weighted by Crippen LogP contribution is 2.32. The molecule has 1 aromatic heterocycles. The highest BCUT2D eigenvalue weighted by atomic mass is 79.9. The minimum atomic E-state index is -3.47. The Morgan fingerprint density at radius 1 is 1.35 bits per heavy atom. The molecule has 1 atom stereocenters. The van der Waals surface area contributed by atoms with Crippen molar-refractivity contribution >= 4 is 37.3 Å². The highest BCUT2D eigenvalue weighted by molar-refractivity contribution is 9.11. The van der Waals surface area contributed by atoms with Crippen LogP contribution in [0, 0.1) is 5.92 Å². The average Bonchev–Trinajstić information content (AvgIpc) is 2.75. The number of halogens is 1. The summed E-state index contributed by atoms with van der Waals surface area (Å²) in [5, 5.41) is 3.20. The molecule has 0 fully saturated rings. The van der Waals surface area contributed by atoms with Gasteiger partial charge in [0.1, 0.15) is 4.90 Å². The van der Waals surface area contributed by atoms with E-state index in [2.05, 4.69) is 26.0 Å². The van der Waals surface area contributed by atoms with E-state index in [0.717, 1.165) is 17.8 Å². The molecule has 0 amide bonds. The number of hydrogen-bond donors (Lipinski definition) is 2. The van der Waals surface area contributed by atoms with E-state index in [1.165, 1.54) is 11.3 Å². The number of nitrogens with one attached hydrogen (secondary N) is 2. The Kier molecular flexibility index (Phi) is 7.14. The van der Waals surface area contributed by atoms with Crippen LogP contribution in [0.15, 0.2) is 14.7 Å². The monoisotopic (exact) mass is 382 g/mol. The predicted octanol–water partition coefficient (Wildman–Crippen LogP) is 3.33. The maximum Gasteiger partial charge on any atom is 0.242 e. The second-order valence-corrected chi connectivity index (χ2v) is 9.15. The summed E-state index contributed by atoms with van der Waals surface area (Å²) in [6.45, 7) is 9.62. The summed E-state index contributed by atoms with van der Waals surface area (Å²) in [5.74, 6) is 0.272. The van der Waals surface area contributed by atoms with E-state index in [-0.39, 0.29) is 12.0 Å². The van der Waals surface area contributed by atoms with Gasteiger partial charge in [0.05, 0.1) is 3.79 Å². The van der Waals surface area contributed by atoms with Gasteiger partial charge in [-0.05, 0) is 40.9 Å². The third-order valence-electron chi connectivity index (χ3n) is 3.10. The van der Waals surface area contributed by atoms with Gasteiger partial charge in [0.15, 0.2) is 0 Å². The molecule has 4 nitrogen and oxygen atoms in total. The van der Waals surface area contributed by atoms with Crippen molar-refractivity contribution in [3.8, 4) is 0 Å². The van der Waals surface area contributed by atoms with Crippen molar-refractivity contribution in [1.29, 1.82) is 0 Å². The Labute approximate surface area is 134 Å². The Balaban J connectivity index is 2.94. The van der Waals surface area contributed by atoms with Crippen molar-refractivity contribution in [2.45, 2.75) is 51.6 Å². The summed E-state index contributed by atoms with van der Waals surface area (Å²) in [7, 11) is -3.47. The predicted molar refractivity (Wildman–Crippen MR) is 88.6 cm³/mol. The molecule has 0 radical (unpaired) electrons. The zero-order valence-electron chi connectivity index (χ0n) is 12.4. The van der Waals surface area contributed by atoms with Crippen LogP contribution in [0.25, 0.3) is 0 Å². The largest absolute Gasteiger partial charge is 0.312 e. The molecule has 1 aromatic rings. The third-order valence-corrected chi connectivity index (χ3v) is 6.84. The first-order valence-electron chi connectivity index (χ1n) is 6.83. The molecule has 0 saturated heterocycles. The van der Waals surface area contributed by atoms with Gasteiger partial charge in [0, 0.05) is 17.5 Å². The first-order chi connectivity index (χ1) is 9.31. The molecule has 0 aromatic carbocycles. The van der Waals surface area contributed by atoms with Crippen molar-refractivity contribution in [3.63, 3.8) is 0 Å². The van der Waals surface area contributed by atoms with Crippen molar-refractivity contribution < 1.29 is 8.42 Å². The van der Waals surface area contributed by atoms with Crippen LogP contribution in [-0.4, -0.2) is 21.0 Å². The third kappa shape index (κ3) is 4.80. The van der Waals surface area contributed by atoms with Crippen LogP contribution in [0.1, 0.15) is 39.0 Å². The van der Waals surface area contributed by atoms with Crippen LogP contribution in [0.2, 0.25) is 0 Å². The van der Waals surface area contributed by atoms with E-state index in [0.29, 0.717) is 15.2 Å². The first kappa shape index (κ1) is 18.1. The van der Waals surface area contributed by atoms with Gasteiger partial charge in [0.2, 0.25) is 10.0 Å². The Morgan fingerprint density at radius 3 is 2.50 bits per heavy atom. The molecular weight excluding hydrogens is 360 g/mol. The molecule has 0 spiro atoms. The fourth-order valence-electron chi connectivity index (χ4n) is 1.87. The second kappa shape index (κ2) is 7.89. The van der Waals surface area contributed by atoms with Gasteiger partial charge in [-0.3, -0.25) is 0 Å². The van der Waals surface area contributed by atoms with Gasteiger partial charge in [-0.1, -0.05) is 27.7 Å². The van der Waals surface area contributed by atoms with Crippen LogP contribution >= 0.6 is 27.3 Å². The molecule has 7 heteroatoms. The van der Waals surface area contributed by atoms with Gasteiger partial charge in [-0.2, -0.15) is 0 Å². The standard InChI is InChI=1S/C13H23BrN2O2S2/c1-5-11(9(3)4)16-20(17,18)12-7-10(8-15-6-2)19-13(12)14/h7,9,11,15-16H,5-6,8H2,1-4H3. The number of rotatable bonds is 8. The second-order valence-electron chi connectivity index (χ2n) is 5.01. The number of sulfonamides is 1. The summed E-state index contributed by atoms with van der Waals surface area (Å²) < 4.78 is 28.4. The fraction of sp³-hybridized carbons (Fsp3) is 0.692. The normalized spacial score (nSPS) is 13.9. The molecule has 20 heavy (non-hydrogen) atoms. The molecule has 1 unspecified atom stereocenters. The molecule has 0 bridgehead atoms. The Hall–Kier alpha value is 0.0500. The molecule has 0 aliphatic rings. The zero-order chi connectivity index (χ0) is 15.3. The lowest BCUT2D eigenvalue weighted by atomic mass is 10.0. The number of hydrogen-bond acceptors (Lipinski definition) is 4. The number of thiophene rings is 1. The van der Waals surface area contributed by atoms with E-state index in [1.54, 1.807) is 6.07 Å². The van der Waals surface area contributed by atoms with Gasteiger partial charge in [-0.15, -0.1) is 11.3 Å². The van der Waals surface area contributed by atoms with Crippen molar-refractivity contribution in [2.75, 3.05) is 6.54 Å². The van der Waals surface area contributed by atoms with Crippen molar-refractivity contribution in [2.24, 2.45) is 5.92 Å². The maximum atomic E-state index is 12.5. The topological polar surface area (TPSA) is 58.2 Å². The summed E-state index contributed by atoms with van der Waals surface area (Å²) >= 11 is 4.82. The minimum Gasteiger partial charge on any atom is -0.312 e. The summed E-state index contributed by atoms with van der Waals surface area (Å²) in [6, 6.07) is 1.70. The SMILES string of the molecule is CCNCc1cc(S(=O)(=O)NC(CC)C(C)C)c(Br)s1. The minimum absolute atomic E-state index is 0.0379. The lowest BCUT2D eigenvalue weighted by Gasteiger charge is -2.20. The van der Waals surface area contributed by atoms with Gasteiger partial charge >= 0.3 is 0 Å². The van der Waals surface area contributed by atoms with Gasteiger partial charge in [0.25, 0.3) is 0 Å². The summed E-state index contributed by atoms with van der Waals surface area (Å²) in [4.78, 5) is 1.35. The zero-order valence-corrected chi connectivity index (χ0v) is 15.6. The average molecular weight is 383 g/mol. The molecule has 1 heterocycles. The van der Waals surface area contributed by atoms with Crippen LogP contribution in [-0.2, 0) is 16.6 Å². The van der Waals surface area contributed by atoms with E-state index in [4.69, 9.17) is 0 Å². The maximum absolute atomic E-state index is 12.5. The lowest BCUT2D eigenvalue weighted by molar-refractivity contribution is 0.437. The molecular formula is C13H23BrN2O2S2. The molecule has 2 N–H and O–H groups in total. The summed E-state index contributed by atoms with van der Waals surface area (Å²) in [6.07, 6.45) is 0.781. The van der Waals surface area contributed by atoms with Crippen LogP contribution in [0.5, 0.6) is 0 Å².